The first-order chi connectivity index (χ1) is 10.1. The van der Waals surface area contributed by atoms with Crippen molar-refractivity contribution in [3.05, 3.63) is 57.8 Å². The van der Waals surface area contributed by atoms with Crippen LogP contribution in [0.4, 0.5) is 0 Å². The zero-order chi connectivity index (χ0) is 15.2. The molecule has 1 unspecified atom stereocenters. The van der Waals surface area contributed by atoms with Gasteiger partial charge in [0.2, 0.25) is 5.91 Å². The number of benzene rings is 1. The summed E-state index contributed by atoms with van der Waals surface area (Å²) in [5, 5.41) is 5.05. The molecule has 4 heteroatoms. The number of methoxy groups -OCH3 is 1. The molecule has 1 heterocycles. The Labute approximate surface area is 130 Å². The lowest BCUT2D eigenvalue weighted by atomic mass is 9.98. The van der Waals surface area contributed by atoms with Gasteiger partial charge in [-0.15, -0.1) is 11.3 Å². The summed E-state index contributed by atoms with van der Waals surface area (Å²) in [6.07, 6.45) is 0. The highest BCUT2D eigenvalue weighted by atomic mass is 32.1. The van der Waals surface area contributed by atoms with E-state index in [1.807, 2.05) is 17.5 Å². The van der Waals surface area contributed by atoms with Crippen LogP contribution in [0.3, 0.4) is 0 Å². The standard InChI is InChI=1S/C17H21NO2S/c1-12(2)13-6-8-14(9-7-13)17(15-5-4-10-21-15)18-16(19)11-20-3/h4-10,12,17H,11H2,1-3H3,(H,18,19). The minimum absolute atomic E-state index is 0.0754. The first-order valence-electron chi connectivity index (χ1n) is 7.03. The highest BCUT2D eigenvalue weighted by Crippen LogP contribution is 2.27. The summed E-state index contributed by atoms with van der Waals surface area (Å²) in [7, 11) is 1.52. The van der Waals surface area contributed by atoms with Crippen LogP contribution in [-0.4, -0.2) is 19.6 Å². The molecule has 21 heavy (non-hydrogen) atoms. The number of carbonyl (C=O) groups excluding carboxylic acids is 1. The van der Waals surface area contributed by atoms with Crippen molar-refractivity contribution in [2.45, 2.75) is 25.8 Å². The normalized spacial score (nSPS) is 12.4. The number of ether oxygens (including phenoxy) is 1. The third-order valence-electron chi connectivity index (χ3n) is 3.34. The first kappa shape index (κ1) is 15.7. The van der Waals surface area contributed by atoms with E-state index >= 15 is 0 Å². The molecule has 0 radical (unpaired) electrons. The maximum absolute atomic E-state index is 11.9. The Kier molecular flexibility index (Phi) is 5.53. The van der Waals surface area contributed by atoms with Gasteiger partial charge in [0.15, 0.2) is 0 Å². The van der Waals surface area contributed by atoms with E-state index < -0.39 is 0 Å². The van der Waals surface area contributed by atoms with Gasteiger partial charge >= 0.3 is 0 Å². The molecular formula is C17H21NO2S. The Morgan fingerprint density at radius 2 is 1.86 bits per heavy atom. The fourth-order valence-electron chi connectivity index (χ4n) is 2.18. The molecule has 112 valence electrons. The number of amides is 1. The lowest BCUT2D eigenvalue weighted by molar-refractivity contribution is -0.125. The first-order valence-corrected chi connectivity index (χ1v) is 7.91. The van der Waals surface area contributed by atoms with Gasteiger partial charge in [-0.05, 0) is 28.5 Å². The number of hydrogen-bond donors (Lipinski definition) is 1. The van der Waals surface area contributed by atoms with Crippen LogP contribution < -0.4 is 5.32 Å². The van der Waals surface area contributed by atoms with Crippen molar-refractivity contribution in [2.75, 3.05) is 13.7 Å². The van der Waals surface area contributed by atoms with Crippen LogP contribution in [0, 0.1) is 0 Å². The quantitative estimate of drug-likeness (QED) is 0.883. The largest absolute Gasteiger partial charge is 0.375 e. The van der Waals surface area contributed by atoms with Gasteiger partial charge in [0.25, 0.3) is 0 Å². The van der Waals surface area contributed by atoms with E-state index in [2.05, 4.69) is 43.4 Å². The van der Waals surface area contributed by atoms with Crippen LogP contribution in [0.2, 0.25) is 0 Å². The fourth-order valence-corrected chi connectivity index (χ4v) is 2.98. The second-order valence-corrected chi connectivity index (χ2v) is 6.25. The molecule has 0 aliphatic carbocycles. The summed E-state index contributed by atoms with van der Waals surface area (Å²) >= 11 is 1.64. The number of thiophene rings is 1. The Morgan fingerprint density at radius 3 is 2.38 bits per heavy atom. The molecule has 0 aliphatic heterocycles. The predicted octanol–water partition coefficient (Wildman–Crippen LogP) is 3.72. The minimum Gasteiger partial charge on any atom is -0.375 e. The number of rotatable bonds is 6. The molecule has 3 nitrogen and oxygen atoms in total. The molecule has 2 rings (SSSR count). The monoisotopic (exact) mass is 303 g/mol. The second-order valence-electron chi connectivity index (χ2n) is 5.27. The zero-order valence-electron chi connectivity index (χ0n) is 12.6. The SMILES string of the molecule is COCC(=O)NC(c1ccc(C(C)C)cc1)c1cccs1. The lowest BCUT2D eigenvalue weighted by Crippen LogP contribution is -2.31. The maximum Gasteiger partial charge on any atom is 0.246 e. The fraction of sp³-hybridized carbons (Fsp3) is 0.353. The van der Waals surface area contributed by atoms with Crippen LogP contribution in [0.15, 0.2) is 41.8 Å². The zero-order valence-corrected chi connectivity index (χ0v) is 13.4. The molecular weight excluding hydrogens is 282 g/mol. The van der Waals surface area contributed by atoms with E-state index in [9.17, 15) is 4.79 Å². The molecule has 0 saturated carbocycles. The summed E-state index contributed by atoms with van der Waals surface area (Å²) < 4.78 is 4.90. The molecule has 1 aromatic heterocycles. The van der Waals surface area contributed by atoms with Crippen LogP contribution in [0.1, 0.15) is 41.8 Å². The molecule has 0 aliphatic rings. The van der Waals surface area contributed by atoms with Crippen LogP contribution in [0.5, 0.6) is 0 Å². The van der Waals surface area contributed by atoms with Crippen molar-refractivity contribution >= 4 is 17.2 Å². The van der Waals surface area contributed by atoms with Crippen LogP contribution in [-0.2, 0) is 9.53 Å². The van der Waals surface area contributed by atoms with Crippen molar-refractivity contribution < 1.29 is 9.53 Å². The Balaban J connectivity index is 2.24. The minimum atomic E-state index is -0.117. The van der Waals surface area contributed by atoms with Gasteiger partial charge in [0.1, 0.15) is 6.61 Å². The van der Waals surface area contributed by atoms with E-state index in [0.717, 1.165) is 10.4 Å². The summed E-state index contributed by atoms with van der Waals surface area (Å²) in [6, 6.07) is 12.4. The topological polar surface area (TPSA) is 38.3 Å². The highest BCUT2D eigenvalue weighted by molar-refractivity contribution is 7.10. The number of hydrogen-bond acceptors (Lipinski definition) is 3. The summed E-state index contributed by atoms with van der Waals surface area (Å²) in [5.74, 6) is 0.395. The molecule has 0 saturated heterocycles. The smallest absolute Gasteiger partial charge is 0.246 e. The summed E-state index contributed by atoms with van der Waals surface area (Å²) in [6.45, 7) is 4.42. The van der Waals surface area contributed by atoms with E-state index in [-0.39, 0.29) is 18.6 Å². The van der Waals surface area contributed by atoms with Crippen molar-refractivity contribution in [1.82, 2.24) is 5.32 Å². The molecule has 0 spiro atoms. The van der Waals surface area contributed by atoms with Crippen molar-refractivity contribution in [3.8, 4) is 0 Å². The van der Waals surface area contributed by atoms with Gasteiger partial charge < -0.3 is 10.1 Å². The van der Waals surface area contributed by atoms with Crippen LogP contribution >= 0.6 is 11.3 Å². The van der Waals surface area contributed by atoms with Gasteiger partial charge in [-0.2, -0.15) is 0 Å². The van der Waals surface area contributed by atoms with Crippen molar-refractivity contribution in [1.29, 1.82) is 0 Å². The van der Waals surface area contributed by atoms with Crippen molar-refractivity contribution in [3.63, 3.8) is 0 Å². The molecule has 1 N–H and O–H groups in total. The lowest BCUT2D eigenvalue weighted by Gasteiger charge is -2.18. The number of carbonyl (C=O) groups is 1. The Morgan fingerprint density at radius 1 is 1.19 bits per heavy atom. The van der Waals surface area contributed by atoms with Gasteiger partial charge in [0.05, 0.1) is 6.04 Å². The average Bonchev–Trinajstić information content (AvgIpc) is 2.99. The maximum atomic E-state index is 11.9. The second kappa shape index (κ2) is 7.38. The van der Waals surface area contributed by atoms with Crippen LogP contribution in [0.25, 0.3) is 0 Å². The van der Waals surface area contributed by atoms with Gasteiger partial charge in [0, 0.05) is 12.0 Å². The molecule has 0 fully saturated rings. The summed E-state index contributed by atoms with van der Waals surface area (Å²) in [5.41, 5.74) is 2.39. The molecule has 0 bridgehead atoms. The van der Waals surface area contributed by atoms with Gasteiger partial charge in [-0.1, -0.05) is 44.2 Å². The molecule has 1 amide bonds. The van der Waals surface area contributed by atoms with E-state index in [1.54, 1.807) is 11.3 Å². The molecule has 2 aromatic rings. The summed E-state index contributed by atoms with van der Waals surface area (Å²) in [4.78, 5) is 13.0. The molecule has 1 atom stereocenters. The Bertz CT molecular complexity index is 561. The predicted molar refractivity (Wildman–Crippen MR) is 86.7 cm³/mol. The average molecular weight is 303 g/mol. The third kappa shape index (κ3) is 4.16. The van der Waals surface area contributed by atoms with E-state index in [1.165, 1.54) is 12.7 Å². The van der Waals surface area contributed by atoms with Crippen molar-refractivity contribution in [2.24, 2.45) is 0 Å². The van der Waals surface area contributed by atoms with E-state index in [4.69, 9.17) is 4.74 Å². The van der Waals surface area contributed by atoms with Gasteiger partial charge in [-0.25, -0.2) is 0 Å². The Hall–Kier alpha value is -1.65. The van der Waals surface area contributed by atoms with Gasteiger partial charge in [-0.3, -0.25) is 4.79 Å². The molecule has 1 aromatic carbocycles. The highest BCUT2D eigenvalue weighted by Gasteiger charge is 2.17. The number of nitrogens with one attached hydrogen (secondary N) is 1. The third-order valence-corrected chi connectivity index (χ3v) is 4.28. The van der Waals surface area contributed by atoms with E-state index in [0.29, 0.717) is 5.92 Å².